The summed E-state index contributed by atoms with van der Waals surface area (Å²) in [4.78, 5) is 14.3. The fourth-order valence-electron chi connectivity index (χ4n) is 4.28. The number of amides is 1. The van der Waals surface area contributed by atoms with Crippen LogP contribution in [0.15, 0.2) is 83.8 Å². The molecule has 0 radical (unpaired) electrons. The van der Waals surface area contributed by atoms with Gasteiger partial charge in [-0.25, -0.2) is 13.2 Å². The van der Waals surface area contributed by atoms with Crippen molar-refractivity contribution in [3.05, 3.63) is 95.6 Å². The van der Waals surface area contributed by atoms with Gasteiger partial charge in [0.15, 0.2) is 0 Å². The van der Waals surface area contributed by atoms with Crippen LogP contribution in [0.4, 0.5) is 10.5 Å². The molecule has 1 saturated heterocycles. The average molecular weight is 505 g/mol. The summed E-state index contributed by atoms with van der Waals surface area (Å²) in [6, 6.07) is 24.3. The molecule has 3 aromatic carbocycles. The summed E-state index contributed by atoms with van der Waals surface area (Å²) in [6.07, 6.45) is -0.436. The summed E-state index contributed by atoms with van der Waals surface area (Å²) >= 11 is 0. The molecular weight excluding hydrogens is 476 g/mol. The van der Waals surface area contributed by atoms with E-state index in [1.54, 1.807) is 60.4 Å². The molecule has 1 unspecified atom stereocenters. The summed E-state index contributed by atoms with van der Waals surface area (Å²) in [5, 5.41) is 13.3. The molecular formula is C27H28N4O4S. The Bertz CT molecular complexity index is 1340. The third-order valence-corrected chi connectivity index (χ3v) is 7.84. The van der Waals surface area contributed by atoms with E-state index >= 15 is 0 Å². The summed E-state index contributed by atoms with van der Waals surface area (Å²) in [5.41, 5.74) is 2.12. The highest BCUT2D eigenvalue weighted by Gasteiger charge is 2.32. The monoisotopic (exact) mass is 504 g/mol. The number of carbonyl (C=O) groups excluding carboxylic acids is 1. The standard InChI is InChI=1S/C27H28N4O4S/c1-2-35-27(32)30-16-15-29-19-26(30)25-14-13-23(17-22(25)18-28)31(20-21-9-5-3-6-10-21)36(33,34)24-11-7-4-8-12-24/h3-14,17,26,29H,2,15-16,19-20H2,1H3. The van der Waals surface area contributed by atoms with E-state index in [2.05, 4.69) is 11.4 Å². The molecule has 3 aromatic rings. The predicted octanol–water partition coefficient (Wildman–Crippen LogP) is 4.06. The van der Waals surface area contributed by atoms with E-state index in [1.165, 1.54) is 4.31 Å². The number of nitrogens with zero attached hydrogens (tertiary/aromatic N) is 3. The zero-order chi connectivity index (χ0) is 25.5. The van der Waals surface area contributed by atoms with Gasteiger partial charge in [0.1, 0.15) is 0 Å². The van der Waals surface area contributed by atoms with Gasteiger partial charge in [0.25, 0.3) is 10.0 Å². The van der Waals surface area contributed by atoms with Gasteiger partial charge in [-0.3, -0.25) is 9.21 Å². The van der Waals surface area contributed by atoms with Crippen molar-refractivity contribution in [1.29, 1.82) is 5.26 Å². The van der Waals surface area contributed by atoms with E-state index in [0.29, 0.717) is 36.4 Å². The minimum atomic E-state index is -3.92. The number of carbonyl (C=O) groups is 1. The highest BCUT2D eigenvalue weighted by molar-refractivity contribution is 7.92. The highest BCUT2D eigenvalue weighted by atomic mass is 32.2. The number of nitrogens with one attached hydrogen (secondary N) is 1. The number of rotatable bonds is 7. The minimum Gasteiger partial charge on any atom is -0.450 e. The second-order valence-electron chi connectivity index (χ2n) is 8.31. The van der Waals surface area contributed by atoms with Gasteiger partial charge in [0.05, 0.1) is 41.4 Å². The van der Waals surface area contributed by atoms with Crippen LogP contribution in [0.2, 0.25) is 0 Å². The first-order valence-corrected chi connectivity index (χ1v) is 13.2. The number of ether oxygens (including phenoxy) is 1. The molecule has 36 heavy (non-hydrogen) atoms. The molecule has 4 rings (SSSR count). The number of hydrogen-bond acceptors (Lipinski definition) is 6. The number of nitriles is 1. The van der Waals surface area contributed by atoms with Crippen molar-refractivity contribution < 1.29 is 17.9 Å². The Morgan fingerprint density at radius 1 is 1.11 bits per heavy atom. The van der Waals surface area contributed by atoms with E-state index in [0.717, 1.165) is 5.56 Å². The predicted molar refractivity (Wildman–Crippen MR) is 137 cm³/mol. The Labute approximate surface area is 211 Å². The third kappa shape index (κ3) is 5.35. The van der Waals surface area contributed by atoms with Gasteiger partial charge >= 0.3 is 6.09 Å². The van der Waals surface area contributed by atoms with Crippen LogP contribution in [0.5, 0.6) is 0 Å². The zero-order valence-corrected chi connectivity index (χ0v) is 20.8. The minimum absolute atomic E-state index is 0.0994. The van der Waals surface area contributed by atoms with Crippen LogP contribution in [-0.2, 0) is 21.3 Å². The smallest absolute Gasteiger partial charge is 0.410 e. The Balaban J connectivity index is 1.76. The van der Waals surface area contributed by atoms with E-state index in [-0.39, 0.29) is 18.0 Å². The SMILES string of the molecule is CCOC(=O)N1CCNCC1c1ccc(N(Cc2ccccc2)S(=O)(=O)c2ccccc2)cc1C#N. The summed E-state index contributed by atoms with van der Waals surface area (Å²) in [6.45, 7) is 3.63. The van der Waals surface area contributed by atoms with Gasteiger partial charge < -0.3 is 10.1 Å². The van der Waals surface area contributed by atoms with Crippen molar-refractivity contribution in [2.45, 2.75) is 24.4 Å². The lowest BCUT2D eigenvalue weighted by atomic mass is 9.97. The lowest BCUT2D eigenvalue weighted by molar-refractivity contribution is 0.0810. The van der Waals surface area contributed by atoms with Crippen molar-refractivity contribution >= 4 is 21.8 Å². The number of benzene rings is 3. The second kappa shape index (κ2) is 11.2. The molecule has 1 heterocycles. The second-order valence-corrected chi connectivity index (χ2v) is 10.2. The largest absolute Gasteiger partial charge is 0.450 e. The number of hydrogen-bond donors (Lipinski definition) is 1. The molecule has 1 fully saturated rings. The van der Waals surface area contributed by atoms with Crippen LogP contribution in [0.1, 0.15) is 29.7 Å². The average Bonchev–Trinajstić information content (AvgIpc) is 2.92. The van der Waals surface area contributed by atoms with E-state index < -0.39 is 22.2 Å². The maximum atomic E-state index is 13.7. The fourth-order valence-corrected chi connectivity index (χ4v) is 5.74. The van der Waals surface area contributed by atoms with Gasteiger partial charge in [-0.2, -0.15) is 5.26 Å². The molecule has 0 saturated carbocycles. The Morgan fingerprint density at radius 2 is 1.81 bits per heavy atom. The molecule has 1 aliphatic rings. The summed E-state index contributed by atoms with van der Waals surface area (Å²) in [7, 11) is -3.92. The number of piperazine rings is 1. The van der Waals surface area contributed by atoms with Crippen LogP contribution in [0, 0.1) is 11.3 Å². The molecule has 0 spiro atoms. The third-order valence-electron chi connectivity index (χ3n) is 6.05. The highest BCUT2D eigenvalue weighted by Crippen LogP contribution is 2.32. The van der Waals surface area contributed by atoms with Gasteiger partial charge in [-0.15, -0.1) is 0 Å². The molecule has 1 atom stereocenters. The Kier molecular flexibility index (Phi) is 7.88. The zero-order valence-electron chi connectivity index (χ0n) is 20.0. The van der Waals surface area contributed by atoms with Crippen LogP contribution >= 0.6 is 0 Å². The van der Waals surface area contributed by atoms with Crippen molar-refractivity contribution in [2.75, 3.05) is 30.5 Å². The van der Waals surface area contributed by atoms with Gasteiger partial charge in [0, 0.05) is 19.6 Å². The molecule has 9 heteroatoms. The van der Waals surface area contributed by atoms with Crippen LogP contribution in [-0.4, -0.2) is 45.7 Å². The van der Waals surface area contributed by atoms with Crippen molar-refractivity contribution in [3.8, 4) is 6.07 Å². The topological polar surface area (TPSA) is 103 Å². The number of anilines is 1. The first-order chi connectivity index (χ1) is 17.5. The molecule has 186 valence electrons. The molecule has 1 aliphatic heterocycles. The fraction of sp³-hybridized carbons (Fsp3) is 0.259. The molecule has 8 nitrogen and oxygen atoms in total. The van der Waals surface area contributed by atoms with Crippen molar-refractivity contribution in [1.82, 2.24) is 10.2 Å². The number of sulfonamides is 1. The van der Waals surface area contributed by atoms with Gasteiger partial charge in [-0.05, 0) is 42.3 Å². The molecule has 0 aliphatic carbocycles. The quantitative estimate of drug-likeness (QED) is 0.521. The van der Waals surface area contributed by atoms with Crippen LogP contribution in [0.25, 0.3) is 0 Å². The molecule has 0 aromatic heterocycles. The Morgan fingerprint density at radius 3 is 2.47 bits per heavy atom. The molecule has 1 amide bonds. The lowest BCUT2D eigenvalue weighted by Crippen LogP contribution is -2.49. The maximum absolute atomic E-state index is 13.7. The Hall–Kier alpha value is -3.87. The van der Waals surface area contributed by atoms with Crippen molar-refractivity contribution in [3.63, 3.8) is 0 Å². The van der Waals surface area contributed by atoms with Crippen molar-refractivity contribution in [2.24, 2.45) is 0 Å². The normalized spacial score (nSPS) is 15.7. The van der Waals surface area contributed by atoms with E-state index in [1.807, 2.05) is 30.3 Å². The maximum Gasteiger partial charge on any atom is 0.410 e. The first-order valence-electron chi connectivity index (χ1n) is 11.8. The lowest BCUT2D eigenvalue weighted by Gasteiger charge is -2.36. The van der Waals surface area contributed by atoms with E-state index in [9.17, 15) is 18.5 Å². The summed E-state index contributed by atoms with van der Waals surface area (Å²) < 4.78 is 33.9. The molecule has 0 bridgehead atoms. The van der Waals surface area contributed by atoms with E-state index in [4.69, 9.17) is 4.74 Å². The summed E-state index contributed by atoms with van der Waals surface area (Å²) in [5.74, 6) is 0. The van der Waals surface area contributed by atoms with Crippen LogP contribution < -0.4 is 9.62 Å². The van der Waals surface area contributed by atoms with Gasteiger partial charge in [-0.1, -0.05) is 54.6 Å². The van der Waals surface area contributed by atoms with Crippen LogP contribution in [0.3, 0.4) is 0 Å². The molecule has 1 N–H and O–H groups in total. The first kappa shape index (κ1) is 25.2. The van der Waals surface area contributed by atoms with Gasteiger partial charge in [0.2, 0.25) is 0 Å².